The highest BCUT2D eigenvalue weighted by atomic mass is 19.1. The van der Waals surface area contributed by atoms with E-state index in [1.165, 1.54) is 12.1 Å². The minimum Gasteiger partial charge on any atom is -0.487 e. The SMILES string of the molecule is COCC1CC1c1nc2c(nc1N1CCC(Oc3ccc(F)cc3F)CC1)CCN(C(C)=O)C2. The molecule has 5 rings (SSSR count). The summed E-state index contributed by atoms with van der Waals surface area (Å²) in [7, 11) is 1.72. The van der Waals surface area contributed by atoms with E-state index in [0.717, 1.165) is 48.5 Å². The zero-order valence-electron chi connectivity index (χ0n) is 19.6. The highest BCUT2D eigenvalue weighted by Gasteiger charge is 2.43. The lowest BCUT2D eigenvalue weighted by atomic mass is 10.1. The van der Waals surface area contributed by atoms with Gasteiger partial charge in [0.2, 0.25) is 5.91 Å². The molecule has 182 valence electrons. The van der Waals surface area contributed by atoms with Gasteiger partial charge in [0, 0.05) is 71.5 Å². The molecule has 2 atom stereocenters. The van der Waals surface area contributed by atoms with Crippen LogP contribution < -0.4 is 9.64 Å². The summed E-state index contributed by atoms with van der Waals surface area (Å²) in [5.41, 5.74) is 2.86. The number of hydrogen-bond acceptors (Lipinski definition) is 6. The fourth-order valence-corrected chi connectivity index (χ4v) is 5.00. The molecule has 0 N–H and O–H groups in total. The molecular formula is C25H30F2N4O3. The molecule has 0 radical (unpaired) electrons. The van der Waals surface area contributed by atoms with E-state index in [0.29, 0.717) is 50.8 Å². The number of nitrogens with zero attached hydrogens (tertiary/aromatic N) is 4. The Morgan fingerprint density at radius 2 is 1.94 bits per heavy atom. The lowest BCUT2D eigenvalue weighted by molar-refractivity contribution is -0.129. The molecule has 1 aromatic heterocycles. The van der Waals surface area contributed by atoms with Crippen molar-refractivity contribution in [2.24, 2.45) is 5.92 Å². The van der Waals surface area contributed by atoms with Crippen molar-refractivity contribution < 1.29 is 23.0 Å². The minimum atomic E-state index is -0.678. The Balaban J connectivity index is 1.33. The molecule has 2 fully saturated rings. The molecule has 1 aliphatic carbocycles. The molecule has 3 heterocycles. The number of benzene rings is 1. The zero-order chi connectivity index (χ0) is 23.8. The topological polar surface area (TPSA) is 67.8 Å². The lowest BCUT2D eigenvalue weighted by Gasteiger charge is -2.35. The van der Waals surface area contributed by atoms with E-state index in [1.54, 1.807) is 14.0 Å². The molecule has 2 unspecified atom stereocenters. The number of methoxy groups -OCH3 is 1. The third kappa shape index (κ3) is 4.71. The third-order valence-electron chi connectivity index (χ3n) is 7.05. The largest absolute Gasteiger partial charge is 0.487 e. The molecule has 1 aromatic carbocycles. The molecule has 2 aromatic rings. The summed E-state index contributed by atoms with van der Waals surface area (Å²) < 4.78 is 38.4. The van der Waals surface area contributed by atoms with E-state index in [-0.39, 0.29) is 17.8 Å². The maximum Gasteiger partial charge on any atom is 0.219 e. The summed E-state index contributed by atoms with van der Waals surface area (Å²) in [5, 5.41) is 0. The van der Waals surface area contributed by atoms with E-state index in [4.69, 9.17) is 19.4 Å². The molecular weight excluding hydrogens is 442 g/mol. The predicted octanol–water partition coefficient (Wildman–Crippen LogP) is 3.46. The smallest absolute Gasteiger partial charge is 0.219 e. The van der Waals surface area contributed by atoms with Crippen LogP contribution >= 0.6 is 0 Å². The van der Waals surface area contributed by atoms with Crippen LogP contribution in [0.1, 0.15) is 49.2 Å². The van der Waals surface area contributed by atoms with E-state index < -0.39 is 11.6 Å². The minimum absolute atomic E-state index is 0.0569. The van der Waals surface area contributed by atoms with Crippen LogP contribution in [0.15, 0.2) is 18.2 Å². The standard InChI is InChI=1S/C25H30F2N4O3/c1-15(32)31-10-7-21-22(13-31)28-24(19-11-16(19)14-33-2)25(29-21)30-8-5-18(6-9-30)34-23-4-3-17(26)12-20(23)27/h3-4,12,16,18-19H,5-11,13-14H2,1-2H3. The zero-order valence-corrected chi connectivity index (χ0v) is 19.6. The summed E-state index contributed by atoms with van der Waals surface area (Å²) in [6, 6.07) is 3.40. The van der Waals surface area contributed by atoms with Crippen molar-refractivity contribution in [3.63, 3.8) is 0 Å². The average molecular weight is 473 g/mol. The molecule has 0 spiro atoms. The third-order valence-corrected chi connectivity index (χ3v) is 7.05. The average Bonchev–Trinajstić information content (AvgIpc) is 3.59. The molecule has 1 saturated heterocycles. The second kappa shape index (κ2) is 9.44. The number of carbonyl (C=O) groups excluding carboxylic acids is 1. The first kappa shape index (κ1) is 23.0. The Kier molecular flexibility index (Phi) is 6.38. The summed E-state index contributed by atoms with van der Waals surface area (Å²) in [6.45, 7) is 4.88. The van der Waals surface area contributed by atoms with Crippen molar-refractivity contribution in [2.75, 3.05) is 38.3 Å². The molecule has 2 aliphatic heterocycles. The van der Waals surface area contributed by atoms with Crippen molar-refractivity contribution in [1.29, 1.82) is 0 Å². The summed E-state index contributed by atoms with van der Waals surface area (Å²) in [6.07, 6.45) is 2.99. The van der Waals surface area contributed by atoms with E-state index in [1.807, 2.05) is 4.90 Å². The number of rotatable bonds is 6. The van der Waals surface area contributed by atoms with Gasteiger partial charge in [0.05, 0.1) is 23.6 Å². The normalized spacial score (nSPS) is 22.5. The van der Waals surface area contributed by atoms with Crippen LogP contribution in [0.4, 0.5) is 14.6 Å². The van der Waals surface area contributed by atoms with Crippen LogP contribution in [0.2, 0.25) is 0 Å². The van der Waals surface area contributed by atoms with Crippen LogP contribution in [0.3, 0.4) is 0 Å². The van der Waals surface area contributed by atoms with Crippen LogP contribution in [-0.2, 0) is 22.5 Å². The molecule has 9 heteroatoms. The Hall–Kier alpha value is -2.81. The fourth-order valence-electron chi connectivity index (χ4n) is 5.00. The van der Waals surface area contributed by atoms with Crippen molar-refractivity contribution in [3.05, 3.63) is 46.9 Å². The Bertz CT molecular complexity index is 1070. The van der Waals surface area contributed by atoms with Gasteiger partial charge in [0.1, 0.15) is 11.9 Å². The number of piperidine rings is 1. The first-order chi connectivity index (χ1) is 16.4. The van der Waals surface area contributed by atoms with E-state index >= 15 is 0 Å². The maximum atomic E-state index is 14.0. The van der Waals surface area contributed by atoms with Gasteiger partial charge in [-0.15, -0.1) is 0 Å². The van der Waals surface area contributed by atoms with E-state index in [9.17, 15) is 13.6 Å². The first-order valence-electron chi connectivity index (χ1n) is 11.9. The van der Waals surface area contributed by atoms with E-state index in [2.05, 4.69) is 4.90 Å². The predicted molar refractivity (Wildman–Crippen MR) is 122 cm³/mol. The van der Waals surface area contributed by atoms with Gasteiger partial charge in [-0.2, -0.15) is 0 Å². The lowest BCUT2D eigenvalue weighted by Crippen LogP contribution is -2.40. The van der Waals surface area contributed by atoms with Crippen molar-refractivity contribution in [3.8, 4) is 5.75 Å². The quantitative estimate of drug-likeness (QED) is 0.642. The number of aromatic nitrogens is 2. The number of halogens is 2. The number of carbonyl (C=O) groups is 1. The Morgan fingerprint density at radius 1 is 1.15 bits per heavy atom. The van der Waals surface area contributed by atoms with Crippen molar-refractivity contribution >= 4 is 11.7 Å². The molecule has 1 amide bonds. The van der Waals surface area contributed by atoms with Gasteiger partial charge in [0.15, 0.2) is 17.4 Å². The second-order valence-electron chi connectivity index (χ2n) is 9.45. The van der Waals surface area contributed by atoms with Gasteiger partial charge in [0.25, 0.3) is 0 Å². The first-order valence-corrected chi connectivity index (χ1v) is 11.9. The monoisotopic (exact) mass is 472 g/mol. The molecule has 7 nitrogen and oxygen atoms in total. The van der Waals surface area contributed by atoms with Crippen LogP contribution in [0.25, 0.3) is 0 Å². The number of amides is 1. The number of anilines is 1. The maximum absolute atomic E-state index is 14.0. The molecule has 1 saturated carbocycles. The van der Waals surface area contributed by atoms with Crippen LogP contribution in [0.5, 0.6) is 5.75 Å². The van der Waals surface area contributed by atoms with Gasteiger partial charge in [-0.25, -0.2) is 18.7 Å². The highest BCUT2D eigenvalue weighted by Crippen LogP contribution is 2.49. The summed E-state index contributed by atoms with van der Waals surface area (Å²) in [5.74, 6) is 0.518. The molecule has 3 aliphatic rings. The highest BCUT2D eigenvalue weighted by molar-refractivity contribution is 5.73. The fraction of sp³-hybridized carbons (Fsp3) is 0.560. The summed E-state index contributed by atoms with van der Waals surface area (Å²) in [4.78, 5) is 26.1. The number of hydrogen-bond donors (Lipinski definition) is 0. The molecule has 34 heavy (non-hydrogen) atoms. The number of fused-ring (bicyclic) bond motifs is 1. The van der Waals surface area contributed by atoms with Crippen LogP contribution in [0, 0.1) is 17.6 Å². The van der Waals surface area contributed by atoms with Gasteiger partial charge in [-0.3, -0.25) is 4.79 Å². The molecule has 0 bridgehead atoms. The van der Waals surface area contributed by atoms with Gasteiger partial charge in [-0.1, -0.05) is 0 Å². The second-order valence-corrected chi connectivity index (χ2v) is 9.45. The van der Waals surface area contributed by atoms with Gasteiger partial charge in [-0.05, 0) is 24.5 Å². The number of ether oxygens (including phenoxy) is 2. The van der Waals surface area contributed by atoms with Gasteiger partial charge < -0.3 is 19.3 Å². The summed E-state index contributed by atoms with van der Waals surface area (Å²) >= 11 is 0. The van der Waals surface area contributed by atoms with Gasteiger partial charge >= 0.3 is 0 Å². The van der Waals surface area contributed by atoms with Crippen molar-refractivity contribution in [1.82, 2.24) is 14.9 Å². The Morgan fingerprint density at radius 3 is 2.65 bits per heavy atom. The van der Waals surface area contributed by atoms with Crippen LogP contribution in [-0.4, -0.2) is 60.2 Å². The van der Waals surface area contributed by atoms with Crippen molar-refractivity contribution in [2.45, 2.75) is 51.2 Å². The Labute approximate surface area is 198 Å².